The van der Waals surface area contributed by atoms with E-state index in [0.717, 1.165) is 6.42 Å². The summed E-state index contributed by atoms with van der Waals surface area (Å²) in [6.45, 7) is 4.91. The van der Waals surface area contributed by atoms with Gasteiger partial charge in [-0.05, 0) is 38.3 Å². The maximum Gasteiger partial charge on any atom is 0.243 e. The van der Waals surface area contributed by atoms with Gasteiger partial charge in [0.05, 0.1) is 18.5 Å². The lowest BCUT2D eigenvalue weighted by Crippen LogP contribution is -2.25. The number of nitrogens with one attached hydrogen (secondary N) is 1. The van der Waals surface area contributed by atoms with Crippen LogP contribution in [-0.4, -0.2) is 37.6 Å². The Morgan fingerprint density at radius 2 is 1.95 bits per heavy atom. The van der Waals surface area contributed by atoms with Crippen LogP contribution in [-0.2, 0) is 14.8 Å². The molecule has 19 heavy (non-hydrogen) atoms. The van der Waals surface area contributed by atoms with Crippen LogP contribution in [0, 0.1) is 0 Å². The van der Waals surface area contributed by atoms with Gasteiger partial charge in [-0.25, -0.2) is 23.1 Å². The third kappa shape index (κ3) is 6.29. The monoisotopic (exact) mass is 307 g/mol. The number of ether oxygens (including phenoxy) is 1. The summed E-state index contributed by atoms with van der Waals surface area (Å²) in [5.74, 6) is 0. The first-order valence-electron chi connectivity index (χ1n) is 6.00. The first kappa shape index (κ1) is 16.3. The molecule has 1 N–H and O–H groups in total. The van der Waals surface area contributed by atoms with Crippen molar-refractivity contribution >= 4 is 21.6 Å². The van der Waals surface area contributed by atoms with Crippen molar-refractivity contribution in [3.63, 3.8) is 0 Å². The fourth-order valence-corrected chi connectivity index (χ4v) is 2.34. The first-order chi connectivity index (χ1) is 8.92. The van der Waals surface area contributed by atoms with Crippen molar-refractivity contribution in [2.75, 3.05) is 13.2 Å². The molecule has 0 bridgehead atoms. The van der Waals surface area contributed by atoms with E-state index in [1.165, 1.54) is 12.4 Å². The van der Waals surface area contributed by atoms with Crippen molar-refractivity contribution < 1.29 is 13.2 Å². The van der Waals surface area contributed by atoms with Gasteiger partial charge in [0.2, 0.25) is 15.3 Å². The number of halogens is 1. The Labute approximate surface area is 118 Å². The van der Waals surface area contributed by atoms with Crippen LogP contribution in [0.3, 0.4) is 0 Å². The minimum absolute atomic E-state index is 0.00957. The third-order valence-electron chi connectivity index (χ3n) is 2.22. The lowest BCUT2D eigenvalue weighted by atomic mass is 10.3. The largest absolute Gasteiger partial charge is 0.379 e. The highest BCUT2D eigenvalue weighted by Crippen LogP contribution is 2.07. The fourth-order valence-electron chi connectivity index (χ4n) is 1.28. The van der Waals surface area contributed by atoms with Crippen molar-refractivity contribution in [2.24, 2.45) is 0 Å². The zero-order chi connectivity index (χ0) is 14.3. The van der Waals surface area contributed by atoms with Gasteiger partial charge in [0.25, 0.3) is 0 Å². The standard InChI is InChI=1S/C11H18ClN3O3S/c1-9(2)18-6-4-3-5-15-19(16,17)10-7-13-11(12)14-8-10/h7-9,15H,3-6H2,1-2H3. The van der Waals surface area contributed by atoms with Crippen molar-refractivity contribution in [3.8, 4) is 0 Å². The Kier molecular flexibility index (Phi) is 6.64. The van der Waals surface area contributed by atoms with E-state index in [2.05, 4.69) is 14.7 Å². The predicted molar refractivity (Wildman–Crippen MR) is 72.6 cm³/mol. The zero-order valence-corrected chi connectivity index (χ0v) is 12.5. The van der Waals surface area contributed by atoms with Gasteiger partial charge in [0.1, 0.15) is 4.90 Å². The first-order valence-corrected chi connectivity index (χ1v) is 7.87. The van der Waals surface area contributed by atoms with Gasteiger partial charge < -0.3 is 4.74 Å². The second kappa shape index (κ2) is 7.74. The lowest BCUT2D eigenvalue weighted by molar-refractivity contribution is 0.0762. The average molecular weight is 308 g/mol. The SMILES string of the molecule is CC(C)OCCCCNS(=O)(=O)c1cnc(Cl)nc1. The molecule has 0 unspecified atom stereocenters. The average Bonchev–Trinajstić information content (AvgIpc) is 2.34. The van der Waals surface area contributed by atoms with Gasteiger partial charge >= 0.3 is 0 Å². The molecule has 0 aliphatic heterocycles. The summed E-state index contributed by atoms with van der Waals surface area (Å²) in [6.07, 6.45) is 4.07. The van der Waals surface area contributed by atoms with E-state index in [4.69, 9.17) is 16.3 Å². The Morgan fingerprint density at radius 1 is 1.32 bits per heavy atom. The molecular formula is C11H18ClN3O3S. The molecule has 108 valence electrons. The van der Waals surface area contributed by atoms with Crippen LogP contribution < -0.4 is 4.72 Å². The molecule has 1 aromatic rings. The number of nitrogens with zero attached hydrogens (tertiary/aromatic N) is 2. The normalized spacial score (nSPS) is 12.0. The second-order valence-corrected chi connectivity index (χ2v) is 6.32. The second-order valence-electron chi connectivity index (χ2n) is 4.21. The highest BCUT2D eigenvalue weighted by atomic mass is 35.5. The Balaban J connectivity index is 2.33. The van der Waals surface area contributed by atoms with Crippen LogP contribution in [0.5, 0.6) is 0 Å². The summed E-state index contributed by atoms with van der Waals surface area (Å²) in [5, 5.41) is 0.0183. The highest BCUT2D eigenvalue weighted by Gasteiger charge is 2.14. The molecule has 0 saturated carbocycles. The van der Waals surface area contributed by atoms with Gasteiger partial charge in [-0.15, -0.1) is 0 Å². The van der Waals surface area contributed by atoms with Crippen molar-refractivity contribution in [2.45, 2.75) is 37.7 Å². The van der Waals surface area contributed by atoms with E-state index in [0.29, 0.717) is 19.6 Å². The smallest absolute Gasteiger partial charge is 0.243 e. The van der Waals surface area contributed by atoms with E-state index in [1.807, 2.05) is 13.8 Å². The summed E-state index contributed by atoms with van der Waals surface area (Å²) in [6, 6.07) is 0. The Hall–Kier alpha value is -0.760. The molecule has 8 heteroatoms. The maximum absolute atomic E-state index is 11.8. The molecule has 0 saturated heterocycles. The minimum atomic E-state index is -3.56. The molecular weight excluding hydrogens is 290 g/mol. The van der Waals surface area contributed by atoms with Crippen LogP contribution in [0.4, 0.5) is 0 Å². The summed E-state index contributed by atoms with van der Waals surface area (Å²) in [7, 11) is -3.56. The van der Waals surface area contributed by atoms with Gasteiger partial charge in [-0.2, -0.15) is 0 Å². The predicted octanol–water partition coefficient (Wildman–Crippen LogP) is 1.61. The number of rotatable bonds is 8. The summed E-state index contributed by atoms with van der Waals surface area (Å²) in [5.41, 5.74) is 0. The van der Waals surface area contributed by atoms with Crippen molar-refractivity contribution in [1.29, 1.82) is 0 Å². The van der Waals surface area contributed by atoms with Crippen molar-refractivity contribution in [1.82, 2.24) is 14.7 Å². The number of sulfonamides is 1. The number of unbranched alkanes of at least 4 members (excludes halogenated alkanes) is 1. The highest BCUT2D eigenvalue weighted by molar-refractivity contribution is 7.89. The number of aromatic nitrogens is 2. The molecule has 1 heterocycles. The Bertz CT molecular complexity index is 476. The van der Waals surface area contributed by atoms with E-state index in [-0.39, 0.29) is 16.3 Å². The number of hydrogen-bond acceptors (Lipinski definition) is 5. The molecule has 6 nitrogen and oxygen atoms in total. The Morgan fingerprint density at radius 3 is 2.53 bits per heavy atom. The maximum atomic E-state index is 11.8. The van der Waals surface area contributed by atoms with E-state index in [9.17, 15) is 8.42 Å². The molecule has 1 rings (SSSR count). The van der Waals surface area contributed by atoms with Crippen LogP contribution >= 0.6 is 11.6 Å². The molecule has 1 aromatic heterocycles. The van der Waals surface area contributed by atoms with Gasteiger partial charge in [-0.1, -0.05) is 0 Å². The van der Waals surface area contributed by atoms with E-state index < -0.39 is 10.0 Å². The molecule has 0 radical (unpaired) electrons. The fraction of sp³-hybridized carbons (Fsp3) is 0.636. The summed E-state index contributed by atoms with van der Waals surface area (Å²) >= 11 is 5.50. The summed E-state index contributed by atoms with van der Waals surface area (Å²) < 4.78 is 31.5. The van der Waals surface area contributed by atoms with Crippen LogP contribution in [0.2, 0.25) is 5.28 Å². The number of hydrogen-bond donors (Lipinski definition) is 1. The quantitative estimate of drug-likeness (QED) is 0.583. The molecule has 0 aromatic carbocycles. The molecule has 0 atom stereocenters. The molecule has 0 fully saturated rings. The van der Waals surface area contributed by atoms with Crippen molar-refractivity contribution in [3.05, 3.63) is 17.7 Å². The summed E-state index contributed by atoms with van der Waals surface area (Å²) in [4.78, 5) is 7.28. The van der Waals surface area contributed by atoms with Crippen LogP contribution in [0.15, 0.2) is 17.3 Å². The van der Waals surface area contributed by atoms with Crippen LogP contribution in [0.25, 0.3) is 0 Å². The van der Waals surface area contributed by atoms with Gasteiger partial charge in [0, 0.05) is 13.2 Å². The molecule has 0 spiro atoms. The van der Waals surface area contributed by atoms with Crippen LogP contribution in [0.1, 0.15) is 26.7 Å². The molecule has 0 amide bonds. The lowest BCUT2D eigenvalue weighted by Gasteiger charge is -2.08. The topological polar surface area (TPSA) is 81.2 Å². The molecule has 0 aliphatic carbocycles. The zero-order valence-electron chi connectivity index (χ0n) is 11.0. The minimum Gasteiger partial charge on any atom is -0.379 e. The molecule has 0 aliphatic rings. The van der Waals surface area contributed by atoms with Gasteiger partial charge in [0.15, 0.2) is 0 Å². The van der Waals surface area contributed by atoms with E-state index >= 15 is 0 Å². The van der Waals surface area contributed by atoms with E-state index in [1.54, 1.807) is 0 Å². The van der Waals surface area contributed by atoms with Gasteiger partial charge in [-0.3, -0.25) is 0 Å². The third-order valence-corrected chi connectivity index (χ3v) is 3.83.